The molecular weight excluding hydrogens is 290 g/mol. The van der Waals surface area contributed by atoms with Gasteiger partial charge in [0.25, 0.3) is 0 Å². The number of hydrogen-bond donors (Lipinski definition) is 1. The first-order valence-corrected chi connectivity index (χ1v) is 7.20. The van der Waals surface area contributed by atoms with Crippen LogP contribution in [0.4, 0.5) is 0 Å². The van der Waals surface area contributed by atoms with Gasteiger partial charge >= 0.3 is 0 Å². The van der Waals surface area contributed by atoms with E-state index >= 15 is 0 Å². The van der Waals surface area contributed by atoms with Crippen LogP contribution in [-0.4, -0.2) is 35.4 Å². The number of nitrogens with zero attached hydrogens (tertiary/aromatic N) is 1. The number of aliphatic hydroxyl groups is 1. The first-order chi connectivity index (χ1) is 10.9. The zero-order chi connectivity index (χ0) is 17.0. The maximum Gasteiger partial charge on any atom is 0.246 e. The van der Waals surface area contributed by atoms with E-state index in [-0.39, 0.29) is 6.54 Å². The smallest absolute Gasteiger partial charge is 0.246 e. The van der Waals surface area contributed by atoms with Crippen molar-refractivity contribution in [3.8, 4) is 48.5 Å². The van der Waals surface area contributed by atoms with Crippen molar-refractivity contribution in [2.75, 3.05) is 19.6 Å². The average molecular weight is 309 g/mol. The van der Waals surface area contributed by atoms with Gasteiger partial charge in [-0.25, -0.2) is 0 Å². The van der Waals surface area contributed by atoms with Gasteiger partial charge in [-0.2, -0.15) is 0 Å². The Morgan fingerprint density at radius 2 is 1.70 bits per heavy atom. The van der Waals surface area contributed by atoms with Crippen molar-refractivity contribution in [3.63, 3.8) is 0 Å². The molecule has 1 aliphatic rings. The molecule has 0 aromatic heterocycles. The molecule has 0 saturated heterocycles. The van der Waals surface area contributed by atoms with Crippen molar-refractivity contribution < 1.29 is 14.6 Å². The summed E-state index contributed by atoms with van der Waals surface area (Å²) in [7, 11) is 0. The minimum absolute atomic E-state index is 0.284. The third kappa shape index (κ3) is 3.79. The number of ether oxygens (including phenoxy) is 2. The van der Waals surface area contributed by atoms with Gasteiger partial charge in [-0.3, -0.25) is 4.90 Å². The summed E-state index contributed by atoms with van der Waals surface area (Å²) >= 11 is 0. The molecule has 4 nitrogen and oxygen atoms in total. The second-order valence-electron chi connectivity index (χ2n) is 5.73. The molecule has 1 unspecified atom stereocenters. The van der Waals surface area contributed by atoms with Crippen LogP contribution in [0.1, 0.15) is 31.1 Å². The highest BCUT2D eigenvalue weighted by Crippen LogP contribution is 2.42. The molecule has 118 valence electrons. The second-order valence-corrected chi connectivity index (χ2v) is 5.73. The summed E-state index contributed by atoms with van der Waals surface area (Å²) < 4.78 is 11.4. The Morgan fingerprint density at radius 1 is 1.13 bits per heavy atom. The lowest BCUT2D eigenvalue weighted by molar-refractivity contribution is -0.0432. The van der Waals surface area contributed by atoms with E-state index in [4.69, 9.17) is 28.7 Å². The molecule has 0 spiro atoms. The summed E-state index contributed by atoms with van der Waals surface area (Å²) in [6, 6.07) is 3.42. The Kier molecular flexibility index (Phi) is 4.87. The van der Waals surface area contributed by atoms with E-state index in [0.29, 0.717) is 35.7 Å². The average Bonchev–Trinajstić information content (AvgIpc) is 2.79. The van der Waals surface area contributed by atoms with Crippen molar-refractivity contribution >= 4 is 0 Å². The van der Waals surface area contributed by atoms with Crippen molar-refractivity contribution in [3.05, 3.63) is 23.3 Å². The van der Waals surface area contributed by atoms with E-state index in [1.807, 2.05) is 0 Å². The molecule has 0 amide bonds. The highest BCUT2D eigenvalue weighted by atomic mass is 16.7. The lowest BCUT2D eigenvalue weighted by Crippen LogP contribution is -2.30. The molecule has 4 heteroatoms. The fourth-order valence-electron chi connectivity index (χ4n) is 2.47. The van der Waals surface area contributed by atoms with E-state index in [9.17, 15) is 5.11 Å². The molecule has 1 atom stereocenters. The highest BCUT2D eigenvalue weighted by Gasteiger charge is 2.33. The number of benzene rings is 1. The highest BCUT2D eigenvalue weighted by molar-refractivity contribution is 5.55. The summed E-state index contributed by atoms with van der Waals surface area (Å²) in [5.74, 6) is 8.00. The fraction of sp³-hybridized carbons (Fsp3) is 0.368. The summed E-state index contributed by atoms with van der Waals surface area (Å²) in [5.41, 5.74) is 1.14. The Bertz CT molecular complexity index is 700. The van der Waals surface area contributed by atoms with E-state index < -0.39 is 11.9 Å². The molecule has 1 heterocycles. The summed E-state index contributed by atoms with van der Waals surface area (Å²) in [4.78, 5) is 1.79. The minimum Gasteiger partial charge on any atom is -0.449 e. The predicted octanol–water partition coefficient (Wildman–Crippen LogP) is 1.78. The fourth-order valence-corrected chi connectivity index (χ4v) is 2.47. The van der Waals surface area contributed by atoms with Gasteiger partial charge < -0.3 is 14.6 Å². The summed E-state index contributed by atoms with van der Waals surface area (Å²) in [6.45, 7) is 4.60. The predicted molar refractivity (Wildman–Crippen MR) is 88.8 cm³/mol. The molecule has 1 aromatic carbocycles. The summed E-state index contributed by atoms with van der Waals surface area (Å²) in [5, 5.41) is 10.5. The van der Waals surface area contributed by atoms with Crippen LogP contribution in [0.5, 0.6) is 11.5 Å². The number of fused-ring (bicyclic) bond motifs is 1. The Balaban J connectivity index is 2.28. The maximum atomic E-state index is 10.5. The molecule has 0 aliphatic carbocycles. The topological polar surface area (TPSA) is 41.9 Å². The van der Waals surface area contributed by atoms with Gasteiger partial charge in [0.15, 0.2) is 11.5 Å². The summed E-state index contributed by atoms with van der Waals surface area (Å²) in [6.07, 6.45) is 15.4. The third-order valence-electron chi connectivity index (χ3n) is 3.40. The van der Waals surface area contributed by atoms with E-state index in [2.05, 4.69) is 17.8 Å². The van der Waals surface area contributed by atoms with Gasteiger partial charge in [0, 0.05) is 37.6 Å². The van der Waals surface area contributed by atoms with Crippen molar-refractivity contribution in [1.29, 1.82) is 0 Å². The van der Waals surface area contributed by atoms with Crippen molar-refractivity contribution in [1.82, 2.24) is 4.90 Å². The molecule has 0 radical (unpaired) electrons. The van der Waals surface area contributed by atoms with Crippen LogP contribution < -0.4 is 9.47 Å². The van der Waals surface area contributed by atoms with E-state index in [0.717, 1.165) is 0 Å². The van der Waals surface area contributed by atoms with Crippen molar-refractivity contribution in [2.24, 2.45) is 0 Å². The molecular formula is C19H19NO3. The van der Waals surface area contributed by atoms with E-state index in [1.165, 1.54) is 0 Å². The lowest BCUT2D eigenvalue weighted by atomic mass is 10.0. The van der Waals surface area contributed by atoms with Gasteiger partial charge in [-0.05, 0) is 6.07 Å². The largest absolute Gasteiger partial charge is 0.449 e. The van der Waals surface area contributed by atoms with Crippen LogP contribution in [0.15, 0.2) is 12.1 Å². The molecule has 0 fully saturated rings. The molecule has 0 bridgehead atoms. The van der Waals surface area contributed by atoms with Crippen LogP contribution in [-0.2, 0) is 0 Å². The molecule has 1 aliphatic heterocycles. The van der Waals surface area contributed by atoms with Gasteiger partial charge in [-0.15, -0.1) is 19.3 Å². The van der Waals surface area contributed by atoms with Gasteiger partial charge in [0.2, 0.25) is 5.79 Å². The van der Waals surface area contributed by atoms with Gasteiger partial charge in [-0.1, -0.05) is 17.8 Å². The van der Waals surface area contributed by atoms with Crippen LogP contribution >= 0.6 is 0 Å². The quantitative estimate of drug-likeness (QED) is 0.842. The normalized spacial score (nSPS) is 15.5. The number of rotatable bonds is 5. The standard InChI is InChI=1S/C19H19NO3/c1-6-9-20(10-7-2)13-16(21)15-12-18-17(11-14(15)8-3)22-19(4,5)23-18/h1-3,11-12,16,21H,9-10,13H2,4-5H3. The van der Waals surface area contributed by atoms with Gasteiger partial charge in [0.05, 0.1) is 19.2 Å². The van der Waals surface area contributed by atoms with Crippen LogP contribution in [0.2, 0.25) is 0 Å². The zero-order valence-corrected chi connectivity index (χ0v) is 13.3. The maximum absolute atomic E-state index is 10.5. The minimum atomic E-state index is -0.833. The first-order valence-electron chi connectivity index (χ1n) is 7.20. The number of terminal acetylenes is 3. The third-order valence-corrected chi connectivity index (χ3v) is 3.40. The molecule has 0 saturated carbocycles. The molecule has 23 heavy (non-hydrogen) atoms. The van der Waals surface area contributed by atoms with Crippen LogP contribution in [0.3, 0.4) is 0 Å². The second kappa shape index (κ2) is 6.67. The van der Waals surface area contributed by atoms with E-state index in [1.54, 1.807) is 30.9 Å². The Morgan fingerprint density at radius 3 is 2.22 bits per heavy atom. The lowest BCUT2D eigenvalue weighted by Gasteiger charge is -2.22. The molecule has 1 aromatic rings. The monoisotopic (exact) mass is 309 g/mol. The van der Waals surface area contributed by atoms with Crippen molar-refractivity contribution in [2.45, 2.75) is 25.7 Å². The Hall–Kier alpha value is -2.58. The molecule has 2 rings (SSSR count). The first kappa shape index (κ1) is 16.8. The van der Waals surface area contributed by atoms with Gasteiger partial charge in [0.1, 0.15) is 0 Å². The van der Waals surface area contributed by atoms with Crippen LogP contribution in [0, 0.1) is 37.0 Å². The van der Waals surface area contributed by atoms with Crippen LogP contribution in [0.25, 0.3) is 0 Å². The molecule has 1 N–H and O–H groups in total. The SMILES string of the molecule is C#CCN(CC#C)CC(O)c1cc2c(cc1C#C)OC(C)(C)O2. The number of hydrogen-bond acceptors (Lipinski definition) is 4. The zero-order valence-electron chi connectivity index (χ0n) is 13.3. The number of aliphatic hydroxyl groups excluding tert-OH is 1. The Labute approximate surface area is 137 Å².